The molecule has 152 valence electrons. The monoisotopic (exact) mass is 399 g/mol. The number of nitrogens with zero attached hydrogens (tertiary/aromatic N) is 1. The van der Waals surface area contributed by atoms with E-state index in [1.54, 1.807) is 36.4 Å². The van der Waals surface area contributed by atoms with Crippen LogP contribution in [0.5, 0.6) is 0 Å². The van der Waals surface area contributed by atoms with Gasteiger partial charge in [0.1, 0.15) is 11.6 Å². The third-order valence-corrected chi connectivity index (χ3v) is 4.96. The lowest BCUT2D eigenvalue weighted by Crippen LogP contribution is -2.38. The van der Waals surface area contributed by atoms with Gasteiger partial charge in [-0.2, -0.15) is 0 Å². The molecule has 29 heavy (non-hydrogen) atoms. The third kappa shape index (κ3) is 5.26. The van der Waals surface area contributed by atoms with Crippen LogP contribution in [0.25, 0.3) is 0 Å². The predicted molar refractivity (Wildman–Crippen MR) is 103 cm³/mol. The van der Waals surface area contributed by atoms with E-state index in [9.17, 15) is 18.8 Å². The number of carbonyl (C=O) groups is 3. The minimum Gasteiger partial charge on any atom is -0.465 e. The molecule has 1 saturated heterocycles. The van der Waals surface area contributed by atoms with Crippen molar-refractivity contribution in [1.29, 1.82) is 0 Å². The van der Waals surface area contributed by atoms with Gasteiger partial charge in [-0.15, -0.1) is 5.06 Å². The van der Waals surface area contributed by atoms with E-state index < -0.39 is 11.9 Å². The first kappa shape index (κ1) is 20.7. The largest absolute Gasteiger partial charge is 0.465 e. The van der Waals surface area contributed by atoms with Crippen molar-refractivity contribution in [2.75, 3.05) is 20.2 Å². The maximum absolute atomic E-state index is 13.7. The van der Waals surface area contributed by atoms with Crippen molar-refractivity contribution in [3.8, 4) is 0 Å². The molecule has 6 nitrogen and oxygen atoms in total. The summed E-state index contributed by atoms with van der Waals surface area (Å²) in [6.45, 7) is 0.826. The van der Waals surface area contributed by atoms with E-state index in [0.717, 1.165) is 0 Å². The lowest BCUT2D eigenvalue weighted by atomic mass is 9.90. The molecule has 0 radical (unpaired) electrons. The molecule has 0 unspecified atom stereocenters. The van der Waals surface area contributed by atoms with Gasteiger partial charge in [-0.05, 0) is 42.7 Å². The minimum absolute atomic E-state index is 0.00754. The molecule has 0 aliphatic carbocycles. The molecular weight excluding hydrogens is 377 g/mol. The number of rotatable bonds is 6. The van der Waals surface area contributed by atoms with Crippen LogP contribution in [0.2, 0.25) is 0 Å². The number of Topliss-reactive ketones (excluding diaryl/α,β-unsaturated/α-hetero) is 1. The van der Waals surface area contributed by atoms with E-state index >= 15 is 0 Å². The molecule has 1 heterocycles. The van der Waals surface area contributed by atoms with E-state index in [0.29, 0.717) is 31.5 Å². The van der Waals surface area contributed by atoms with E-state index in [-0.39, 0.29) is 35.1 Å². The molecule has 7 heteroatoms. The molecule has 1 aliphatic rings. The number of esters is 1. The van der Waals surface area contributed by atoms with Crippen molar-refractivity contribution in [2.45, 2.75) is 19.3 Å². The highest BCUT2D eigenvalue weighted by atomic mass is 19.1. The van der Waals surface area contributed by atoms with Gasteiger partial charge in [0.05, 0.1) is 18.2 Å². The molecule has 0 N–H and O–H groups in total. The lowest BCUT2D eigenvalue weighted by molar-refractivity contribution is -0.138. The summed E-state index contributed by atoms with van der Waals surface area (Å²) in [4.78, 5) is 41.8. The van der Waals surface area contributed by atoms with Gasteiger partial charge < -0.3 is 9.57 Å². The van der Waals surface area contributed by atoms with E-state index in [2.05, 4.69) is 4.74 Å². The van der Waals surface area contributed by atoms with Crippen molar-refractivity contribution in [2.24, 2.45) is 5.92 Å². The number of halogens is 1. The first-order valence-corrected chi connectivity index (χ1v) is 9.39. The first-order valence-electron chi connectivity index (χ1n) is 9.39. The zero-order chi connectivity index (χ0) is 20.8. The molecule has 3 rings (SSSR count). The van der Waals surface area contributed by atoms with Gasteiger partial charge in [0.25, 0.3) is 0 Å². The fourth-order valence-electron chi connectivity index (χ4n) is 3.30. The van der Waals surface area contributed by atoms with Gasteiger partial charge in [0.15, 0.2) is 0 Å². The quantitative estimate of drug-likeness (QED) is 0.695. The number of hydroxylamine groups is 2. The lowest BCUT2D eigenvalue weighted by Gasteiger charge is -2.29. The Morgan fingerprint density at radius 2 is 1.66 bits per heavy atom. The zero-order valence-electron chi connectivity index (χ0n) is 16.1. The molecule has 2 aromatic carbocycles. The van der Waals surface area contributed by atoms with Crippen LogP contribution >= 0.6 is 0 Å². The zero-order valence-corrected chi connectivity index (χ0v) is 16.1. The Morgan fingerprint density at radius 1 is 1.00 bits per heavy atom. The molecule has 2 aromatic rings. The SMILES string of the molecule is COC(=O)c1cccc(C(=O)ON2CCC(C(=O)Cc3ccccc3F)CC2)c1. The van der Waals surface area contributed by atoms with E-state index in [1.165, 1.54) is 24.3 Å². The van der Waals surface area contributed by atoms with Crippen molar-refractivity contribution < 1.29 is 28.3 Å². The number of benzene rings is 2. The maximum atomic E-state index is 13.7. The number of carbonyl (C=O) groups excluding carboxylic acids is 3. The molecule has 0 amide bonds. The highest BCUT2D eigenvalue weighted by Crippen LogP contribution is 2.22. The van der Waals surface area contributed by atoms with Crippen LogP contribution in [0.1, 0.15) is 39.1 Å². The second kappa shape index (κ2) is 9.43. The molecule has 0 spiro atoms. The fraction of sp³-hybridized carbons (Fsp3) is 0.318. The third-order valence-electron chi connectivity index (χ3n) is 4.96. The number of ketones is 1. The predicted octanol–water partition coefficient (Wildman–Crippen LogP) is 3.21. The maximum Gasteiger partial charge on any atom is 0.357 e. The Labute approximate surface area is 168 Å². The number of methoxy groups -OCH3 is 1. The summed E-state index contributed by atoms with van der Waals surface area (Å²) >= 11 is 0. The van der Waals surface area contributed by atoms with Crippen LogP contribution in [0.3, 0.4) is 0 Å². The van der Waals surface area contributed by atoms with Crippen LogP contribution in [0.15, 0.2) is 48.5 Å². The van der Waals surface area contributed by atoms with Gasteiger partial charge >= 0.3 is 11.9 Å². The minimum atomic E-state index is -0.577. The first-order chi connectivity index (χ1) is 14.0. The van der Waals surface area contributed by atoms with Gasteiger partial charge in [-0.3, -0.25) is 4.79 Å². The summed E-state index contributed by atoms with van der Waals surface area (Å²) < 4.78 is 18.4. The topological polar surface area (TPSA) is 72.9 Å². The van der Waals surface area contributed by atoms with Crippen molar-refractivity contribution in [1.82, 2.24) is 5.06 Å². The average molecular weight is 399 g/mol. The summed E-state index contributed by atoms with van der Waals surface area (Å²) in [6.07, 6.45) is 1.13. The number of piperidine rings is 1. The standard InChI is InChI=1S/C22H22FNO5/c1-28-21(26)17-6-4-7-18(13-17)22(27)29-24-11-9-15(10-12-24)20(25)14-16-5-2-3-8-19(16)23/h2-8,13,15H,9-12,14H2,1H3. The number of hydrogen-bond acceptors (Lipinski definition) is 6. The highest BCUT2D eigenvalue weighted by molar-refractivity contribution is 5.95. The van der Waals surface area contributed by atoms with Crippen LogP contribution < -0.4 is 0 Å². The summed E-state index contributed by atoms with van der Waals surface area (Å²) in [6, 6.07) is 12.4. The van der Waals surface area contributed by atoms with Crippen LogP contribution in [0, 0.1) is 11.7 Å². The Kier molecular flexibility index (Phi) is 6.72. The number of hydrogen-bond donors (Lipinski definition) is 0. The average Bonchev–Trinajstić information content (AvgIpc) is 2.75. The van der Waals surface area contributed by atoms with Crippen LogP contribution in [-0.4, -0.2) is 43.0 Å². The highest BCUT2D eigenvalue weighted by Gasteiger charge is 2.27. The Morgan fingerprint density at radius 3 is 2.31 bits per heavy atom. The Hall–Kier alpha value is -3.06. The summed E-state index contributed by atoms with van der Waals surface area (Å²) in [5.74, 6) is -1.68. The second-order valence-corrected chi connectivity index (χ2v) is 6.89. The molecule has 0 saturated carbocycles. The molecule has 0 bridgehead atoms. The summed E-state index contributed by atoms with van der Waals surface area (Å²) in [5.41, 5.74) is 0.905. The Bertz CT molecular complexity index is 906. The number of ether oxygens (including phenoxy) is 1. The van der Waals surface area contributed by atoms with Gasteiger partial charge in [-0.1, -0.05) is 24.3 Å². The van der Waals surface area contributed by atoms with Crippen LogP contribution in [0.4, 0.5) is 4.39 Å². The van der Waals surface area contributed by atoms with E-state index in [1.807, 2.05) is 0 Å². The van der Waals surface area contributed by atoms with Gasteiger partial charge in [-0.25, -0.2) is 14.0 Å². The summed E-state index contributed by atoms with van der Waals surface area (Å²) in [5, 5.41) is 1.51. The van der Waals surface area contributed by atoms with Gasteiger partial charge in [0, 0.05) is 25.4 Å². The second-order valence-electron chi connectivity index (χ2n) is 6.89. The van der Waals surface area contributed by atoms with Crippen LogP contribution in [-0.2, 0) is 20.8 Å². The smallest absolute Gasteiger partial charge is 0.357 e. The summed E-state index contributed by atoms with van der Waals surface area (Å²) in [7, 11) is 1.27. The molecular formula is C22H22FNO5. The van der Waals surface area contributed by atoms with Gasteiger partial charge in [0.2, 0.25) is 0 Å². The molecule has 0 atom stereocenters. The molecule has 0 aromatic heterocycles. The normalized spacial score (nSPS) is 15.0. The van der Waals surface area contributed by atoms with Crippen molar-refractivity contribution in [3.63, 3.8) is 0 Å². The molecule has 1 aliphatic heterocycles. The Balaban J connectivity index is 1.52. The van der Waals surface area contributed by atoms with Crippen molar-refractivity contribution >= 4 is 17.7 Å². The van der Waals surface area contributed by atoms with Crippen molar-refractivity contribution in [3.05, 3.63) is 71.0 Å². The van der Waals surface area contributed by atoms with E-state index in [4.69, 9.17) is 4.84 Å². The fourth-order valence-corrected chi connectivity index (χ4v) is 3.30. The molecule has 1 fully saturated rings.